The van der Waals surface area contributed by atoms with Crippen LogP contribution in [0.4, 0.5) is 0 Å². The molecule has 0 aliphatic rings. The number of nitrogens with zero attached hydrogens (tertiary/aromatic N) is 1. The molecule has 2 N–H and O–H groups in total. The Morgan fingerprint density at radius 1 is 1.60 bits per heavy atom. The lowest BCUT2D eigenvalue weighted by atomic mass is 10.1. The Labute approximate surface area is 95.7 Å². The first kappa shape index (κ1) is 12.6. The Morgan fingerprint density at radius 3 is 3.00 bits per heavy atom. The molecular formula is C11H20N2OS. The van der Waals surface area contributed by atoms with Gasteiger partial charge < -0.3 is 10.5 Å². The van der Waals surface area contributed by atoms with Crippen molar-refractivity contribution in [1.82, 2.24) is 4.98 Å². The Balaban J connectivity index is 2.15. The second-order valence-corrected chi connectivity index (χ2v) is 4.63. The fourth-order valence-corrected chi connectivity index (χ4v) is 2.28. The molecule has 1 aromatic rings. The van der Waals surface area contributed by atoms with Gasteiger partial charge in [0, 0.05) is 36.8 Å². The fraction of sp³-hybridized carbons (Fsp3) is 0.727. The van der Waals surface area contributed by atoms with Crippen LogP contribution < -0.4 is 5.73 Å². The lowest BCUT2D eigenvalue weighted by Crippen LogP contribution is -2.23. The third-order valence-corrected chi connectivity index (χ3v) is 3.16. The lowest BCUT2D eigenvalue weighted by molar-refractivity contribution is 0.142. The standard InChI is InChI=1S/C11H20N2OS/c1-3-14-6-4-5-10(12)7-11-13-9(2)8-15-11/h8,10H,3-7,12H2,1-2H3. The van der Waals surface area contributed by atoms with Crippen molar-refractivity contribution in [3.05, 3.63) is 16.1 Å². The van der Waals surface area contributed by atoms with Gasteiger partial charge >= 0.3 is 0 Å². The van der Waals surface area contributed by atoms with E-state index in [1.807, 2.05) is 13.8 Å². The van der Waals surface area contributed by atoms with Gasteiger partial charge in [0.15, 0.2) is 0 Å². The van der Waals surface area contributed by atoms with E-state index in [1.54, 1.807) is 11.3 Å². The average molecular weight is 228 g/mol. The van der Waals surface area contributed by atoms with E-state index in [4.69, 9.17) is 10.5 Å². The van der Waals surface area contributed by atoms with E-state index in [1.165, 1.54) is 0 Å². The molecule has 15 heavy (non-hydrogen) atoms. The maximum Gasteiger partial charge on any atom is 0.0943 e. The first-order valence-electron chi connectivity index (χ1n) is 5.46. The summed E-state index contributed by atoms with van der Waals surface area (Å²) in [4.78, 5) is 4.40. The number of rotatable bonds is 7. The number of thiazole rings is 1. The van der Waals surface area contributed by atoms with E-state index in [0.29, 0.717) is 0 Å². The predicted molar refractivity (Wildman–Crippen MR) is 64.3 cm³/mol. The van der Waals surface area contributed by atoms with Gasteiger partial charge in [-0.1, -0.05) is 0 Å². The van der Waals surface area contributed by atoms with Gasteiger partial charge in [0.05, 0.1) is 5.01 Å². The minimum absolute atomic E-state index is 0.219. The summed E-state index contributed by atoms with van der Waals surface area (Å²) in [6.07, 6.45) is 2.95. The van der Waals surface area contributed by atoms with Gasteiger partial charge in [-0.2, -0.15) is 0 Å². The molecule has 4 heteroatoms. The first-order valence-corrected chi connectivity index (χ1v) is 6.34. The van der Waals surface area contributed by atoms with Crippen LogP contribution in [0.1, 0.15) is 30.5 Å². The minimum atomic E-state index is 0.219. The van der Waals surface area contributed by atoms with Crippen molar-refractivity contribution < 1.29 is 4.74 Å². The molecule has 1 aromatic heterocycles. The topological polar surface area (TPSA) is 48.1 Å². The number of hydrogen-bond donors (Lipinski definition) is 1. The van der Waals surface area contributed by atoms with E-state index in [-0.39, 0.29) is 6.04 Å². The second kappa shape index (κ2) is 6.93. The highest BCUT2D eigenvalue weighted by Crippen LogP contribution is 2.12. The second-order valence-electron chi connectivity index (χ2n) is 3.69. The van der Waals surface area contributed by atoms with Crippen molar-refractivity contribution in [3.63, 3.8) is 0 Å². The first-order chi connectivity index (χ1) is 7.22. The van der Waals surface area contributed by atoms with Gasteiger partial charge in [-0.3, -0.25) is 0 Å². The predicted octanol–water partition coefficient (Wildman–Crippen LogP) is 2.14. The van der Waals surface area contributed by atoms with Gasteiger partial charge in [-0.05, 0) is 26.7 Å². The number of aromatic nitrogens is 1. The molecule has 0 aliphatic heterocycles. The summed E-state index contributed by atoms with van der Waals surface area (Å²) >= 11 is 1.70. The Kier molecular flexibility index (Phi) is 5.83. The van der Waals surface area contributed by atoms with Gasteiger partial charge in [0.2, 0.25) is 0 Å². The van der Waals surface area contributed by atoms with Crippen molar-refractivity contribution in [2.45, 2.75) is 39.2 Å². The van der Waals surface area contributed by atoms with Crippen LogP contribution in [0.2, 0.25) is 0 Å². The summed E-state index contributed by atoms with van der Waals surface area (Å²) in [5.74, 6) is 0. The minimum Gasteiger partial charge on any atom is -0.382 e. The van der Waals surface area contributed by atoms with Gasteiger partial charge in [0.25, 0.3) is 0 Å². The SMILES string of the molecule is CCOCCCC(N)Cc1nc(C)cs1. The van der Waals surface area contributed by atoms with Crippen molar-refractivity contribution in [2.75, 3.05) is 13.2 Å². The molecule has 0 radical (unpaired) electrons. The van der Waals surface area contributed by atoms with E-state index in [2.05, 4.69) is 10.4 Å². The summed E-state index contributed by atoms with van der Waals surface area (Å²) in [5, 5.41) is 3.22. The normalized spacial score (nSPS) is 13.0. The highest BCUT2D eigenvalue weighted by atomic mass is 32.1. The number of aryl methyl sites for hydroxylation is 1. The van der Waals surface area contributed by atoms with Crippen LogP contribution in [-0.2, 0) is 11.2 Å². The third-order valence-electron chi connectivity index (χ3n) is 2.17. The highest BCUT2D eigenvalue weighted by Gasteiger charge is 2.06. The summed E-state index contributed by atoms with van der Waals surface area (Å²) in [6.45, 7) is 5.64. The quantitative estimate of drug-likeness (QED) is 0.727. The molecule has 1 unspecified atom stereocenters. The van der Waals surface area contributed by atoms with Crippen LogP contribution in [-0.4, -0.2) is 24.2 Å². The summed E-state index contributed by atoms with van der Waals surface area (Å²) in [6, 6.07) is 0.219. The van der Waals surface area contributed by atoms with Crippen LogP contribution in [0, 0.1) is 6.92 Å². The van der Waals surface area contributed by atoms with Crippen molar-refractivity contribution >= 4 is 11.3 Å². The molecule has 0 fully saturated rings. The highest BCUT2D eigenvalue weighted by molar-refractivity contribution is 7.09. The monoisotopic (exact) mass is 228 g/mol. The van der Waals surface area contributed by atoms with E-state index in [0.717, 1.165) is 43.2 Å². The summed E-state index contributed by atoms with van der Waals surface area (Å²) in [5.41, 5.74) is 7.10. The summed E-state index contributed by atoms with van der Waals surface area (Å²) in [7, 11) is 0. The Morgan fingerprint density at radius 2 is 2.40 bits per heavy atom. The zero-order valence-electron chi connectivity index (χ0n) is 9.53. The van der Waals surface area contributed by atoms with E-state index in [9.17, 15) is 0 Å². The third kappa shape index (κ3) is 5.25. The van der Waals surface area contributed by atoms with Crippen molar-refractivity contribution in [2.24, 2.45) is 5.73 Å². The maximum atomic E-state index is 6.01. The molecule has 1 atom stereocenters. The van der Waals surface area contributed by atoms with Crippen LogP contribution in [0.25, 0.3) is 0 Å². The molecule has 0 spiro atoms. The molecule has 3 nitrogen and oxygen atoms in total. The van der Waals surface area contributed by atoms with Gasteiger partial charge in [-0.15, -0.1) is 11.3 Å². The Hall–Kier alpha value is -0.450. The van der Waals surface area contributed by atoms with Crippen molar-refractivity contribution in [3.8, 4) is 0 Å². The molecule has 0 saturated heterocycles. The average Bonchev–Trinajstić information content (AvgIpc) is 2.59. The molecule has 0 aliphatic carbocycles. The van der Waals surface area contributed by atoms with Crippen LogP contribution in [0.3, 0.4) is 0 Å². The summed E-state index contributed by atoms with van der Waals surface area (Å²) < 4.78 is 5.27. The molecule has 0 bridgehead atoms. The van der Waals surface area contributed by atoms with Crippen LogP contribution >= 0.6 is 11.3 Å². The number of ether oxygens (including phenoxy) is 1. The fourth-order valence-electron chi connectivity index (χ4n) is 1.41. The molecular weight excluding hydrogens is 208 g/mol. The smallest absolute Gasteiger partial charge is 0.0943 e. The van der Waals surface area contributed by atoms with Crippen molar-refractivity contribution in [1.29, 1.82) is 0 Å². The number of nitrogens with two attached hydrogens (primary N) is 1. The van der Waals surface area contributed by atoms with Crippen LogP contribution in [0.15, 0.2) is 5.38 Å². The zero-order chi connectivity index (χ0) is 11.1. The molecule has 1 heterocycles. The largest absolute Gasteiger partial charge is 0.382 e. The van der Waals surface area contributed by atoms with E-state index < -0.39 is 0 Å². The number of hydrogen-bond acceptors (Lipinski definition) is 4. The molecule has 0 aromatic carbocycles. The molecule has 0 amide bonds. The molecule has 86 valence electrons. The van der Waals surface area contributed by atoms with Gasteiger partial charge in [0.1, 0.15) is 0 Å². The van der Waals surface area contributed by atoms with E-state index >= 15 is 0 Å². The molecule has 1 rings (SSSR count). The van der Waals surface area contributed by atoms with Crippen LogP contribution in [0.5, 0.6) is 0 Å². The van der Waals surface area contributed by atoms with Gasteiger partial charge in [-0.25, -0.2) is 4.98 Å². The Bertz CT molecular complexity index is 275. The zero-order valence-corrected chi connectivity index (χ0v) is 10.3. The lowest BCUT2D eigenvalue weighted by Gasteiger charge is -2.09. The maximum absolute atomic E-state index is 6.01. The molecule has 0 saturated carbocycles.